The average molecular weight is 187 g/mol. The molecule has 0 radical (unpaired) electrons. The fraction of sp³-hybridized carbons (Fsp3) is 0.857. The van der Waals surface area contributed by atoms with Gasteiger partial charge in [0, 0.05) is 6.54 Å². The smallest absolute Gasteiger partial charge is 0.240 e. The Morgan fingerprint density at radius 2 is 2.50 bits per heavy atom. The van der Waals surface area contributed by atoms with Crippen molar-refractivity contribution in [3.63, 3.8) is 0 Å². The summed E-state index contributed by atoms with van der Waals surface area (Å²) in [5, 5.41) is 4.96. The average Bonchev–Trinajstić information content (AvgIpc) is 2.52. The molecule has 0 spiro atoms. The summed E-state index contributed by atoms with van der Waals surface area (Å²) in [6.07, 6.45) is 4.08. The third-order valence-electron chi connectivity index (χ3n) is 2.35. The van der Waals surface area contributed by atoms with Crippen molar-refractivity contribution in [2.45, 2.75) is 24.4 Å². The van der Waals surface area contributed by atoms with Crippen molar-refractivity contribution < 1.29 is 4.79 Å². The highest BCUT2D eigenvalue weighted by molar-refractivity contribution is 7.99. The molecule has 2 heterocycles. The van der Waals surface area contributed by atoms with Crippen LogP contribution in [-0.4, -0.2) is 35.3 Å². The largest absolute Gasteiger partial charge is 0.329 e. The third kappa shape index (κ3) is 1.32. The Hall–Kier alpha value is -0.260. The van der Waals surface area contributed by atoms with Gasteiger partial charge in [0.05, 0.1) is 0 Å². The zero-order chi connectivity index (χ0) is 8.55. The molecule has 4 nitrogen and oxygen atoms in total. The zero-order valence-corrected chi connectivity index (χ0v) is 7.86. The molecule has 2 aliphatic rings. The SMILES string of the molecule is CSC1NC(=O)C2CCCN2N1. The molecule has 2 unspecified atom stereocenters. The summed E-state index contributed by atoms with van der Waals surface area (Å²) >= 11 is 1.61. The van der Waals surface area contributed by atoms with E-state index in [4.69, 9.17) is 0 Å². The second-order valence-electron chi connectivity index (χ2n) is 3.10. The van der Waals surface area contributed by atoms with Gasteiger partial charge in [0.1, 0.15) is 11.5 Å². The van der Waals surface area contributed by atoms with Gasteiger partial charge in [-0.25, -0.2) is 10.4 Å². The zero-order valence-electron chi connectivity index (χ0n) is 7.04. The van der Waals surface area contributed by atoms with Gasteiger partial charge >= 0.3 is 0 Å². The highest BCUT2D eigenvalue weighted by Gasteiger charge is 2.36. The molecule has 2 atom stereocenters. The van der Waals surface area contributed by atoms with Crippen LogP contribution in [0.25, 0.3) is 0 Å². The van der Waals surface area contributed by atoms with E-state index in [0.29, 0.717) is 0 Å². The number of carbonyl (C=O) groups is 1. The highest BCUT2D eigenvalue weighted by atomic mass is 32.2. The fourth-order valence-electron chi connectivity index (χ4n) is 1.71. The van der Waals surface area contributed by atoms with Gasteiger partial charge in [-0.2, -0.15) is 0 Å². The van der Waals surface area contributed by atoms with Crippen molar-refractivity contribution in [3.8, 4) is 0 Å². The summed E-state index contributed by atoms with van der Waals surface area (Å²) in [5.41, 5.74) is 3.32. The molecule has 2 fully saturated rings. The molecule has 0 aliphatic carbocycles. The Morgan fingerprint density at radius 3 is 3.25 bits per heavy atom. The lowest BCUT2D eigenvalue weighted by atomic mass is 10.2. The van der Waals surface area contributed by atoms with E-state index in [2.05, 4.69) is 15.8 Å². The van der Waals surface area contributed by atoms with Gasteiger partial charge in [0.15, 0.2) is 0 Å². The first-order chi connectivity index (χ1) is 5.81. The first kappa shape index (κ1) is 8.34. The minimum Gasteiger partial charge on any atom is -0.329 e. The van der Waals surface area contributed by atoms with Crippen molar-refractivity contribution in [2.75, 3.05) is 12.8 Å². The van der Waals surface area contributed by atoms with Gasteiger partial charge in [-0.05, 0) is 19.1 Å². The van der Waals surface area contributed by atoms with E-state index in [1.807, 2.05) is 6.26 Å². The Balaban J connectivity index is 2.05. The summed E-state index contributed by atoms with van der Waals surface area (Å²) in [6.45, 7) is 0.995. The quantitative estimate of drug-likeness (QED) is 0.593. The number of amides is 1. The Morgan fingerprint density at radius 1 is 1.67 bits per heavy atom. The van der Waals surface area contributed by atoms with E-state index in [0.717, 1.165) is 19.4 Å². The fourth-order valence-corrected chi connectivity index (χ4v) is 2.19. The Bertz CT molecular complexity index is 199. The number of hydrazine groups is 1. The molecule has 0 aromatic carbocycles. The minimum atomic E-state index is 0.0619. The third-order valence-corrected chi connectivity index (χ3v) is 3.04. The van der Waals surface area contributed by atoms with Crippen LogP contribution >= 0.6 is 11.8 Å². The Labute approximate surface area is 76.0 Å². The van der Waals surface area contributed by atoms with Gasteiger partial charge in [-0.15, -0.1) is 11.8 Å². The minimum absolute atomic E-state index is 0.0619. The maximum absolute atomic E-state index is 11.4. The van der Waals surface area contributed by atoms with Crippen molar-refractivity contribution >= 4 is 17.7 Å². The van der Waals surface area contributed by atoms with Crippen LogP contribution in [0.2, 0.25) is 0 Å². The molecule has 68 valence electrons. The highest BCUT2D eigenvalue weighted by Crippen LogP contribution is 2.19. The second-order valence-corrected chi connectivity index (χ2v) is 4.05. The van der Waals surface area contributed by atoms with Crippen LogP contribution in [0.1, 0.15) is 12.8 Å². The number of hydrogen-bond donors (Lipinski definition) is 2. The number of nitrogens with one attached hydrogen (secondary N) is 2. The van der Waals surface area contributed by atoms with Gasteiger partial charge in [0.2, 0.25) is 5.91 Å². The van der Waals surface area contributed by atoms with Crippen LogP contribution in [0.15, 0.2) is 0 Å². The first-order valence-electron chi connectivity index (χ1n) is 4.17. The molecule has 0 bridgehead atoms. The number of thioether (sulfide) groups is 1. The molecule has 1 amide bonds. The van der Waals surface area contributed by atoms with Crippen molar-refractivity contribution in [1.29, 1.82) is 0 Å². The lowest BCUT2D eigenvalue weighted by Crippen LogP contribution is -2.63. The van der Waals surface area contributed by atoms with Crippen molar-refractivity contribution in [1.82, 2.24) is 15.8 Å². The molecule has 2 N–H and O–H groups in total. The number of rotatable bonds is 1. The molecule has 5 heteroatoms. The van der Waals surface area contributed by atoms with E-state index in [-0.39, 0.29) is 17.4 Å². The van der Waals surface area contributed by atoms with Gasteiger partial charge in [-0.3, -0.25) is 4.79 Å². The van der Waals surface area contributed by atoms with Crippen LogP contribution in [0.5, 0.6) is 0 Å². The lowest BCUT2D eigenvalue weighted by molar-refractivity contribution is -0.130. The van der Waals surface area contributed by atoms with Crippen LogP contribution in [-0.2, 0) is 4.79 Å². The van der Waals surface area contributed by atoms with E-state index < -0.39 is 0 Å². The summed E-state index contributed by atoms with van der Waals surface area (Å²) in [7, 11) is 0. The molecule has 0 aromatic rings. The van der Waals surface area contributed by atoms with E-state index in [1.165, 1.54) is 0 Å². The topological polar surface area (TPSA) is 44.4 Å². The van der Waals surface area contributed by atoms with Gasteiger partial charge in [0.25, 0.3) is 0 Å². The maximum Gasteiger partial charge on any atom is 0.240 e. The predicted octanol–water partition coefficient (Wildman–Crippen LogP) is -0.268. The van der Waals surface area contributed by atoms with E-state index in [9.17, 15) is 4.79 Å². The van der Waals surface area contributed by atoms with Gasteiger partial charge in [-0.1, -0.05) is 0 Å². The molecular weight excluding hydrogens is 174 g/mol. The van der Waals surface area contributed by atoms with Crippen molar-refractivity contribution in [3.05, 3.63) is 0 Å². The summed E-state index contributed by atoms with van der Waals surface area (Å²) in [5.74, 6) is 0.172. The number of fused-ring (bicyclic) bond motifs is 1. The normalized spacial score (nSPS) is 36.2. The molecule has 2 aliphatic heterocycles. The van der Waals surface area contributed by atoms with Crippen LogP contribution in [0, 0.1) is 0 Å². The molecule has 0 aromatic heterocycles. The molecule has 12 heavy (non-hydrogen) atoms. The summed E-state index contributed by atoms with van der Waals surface area (Å²) in [6, 6.07) is 0.0772. The monoisotopic (exact) mass is 187 g/mol. The second kappa shape index (κ2) is 3.24. The van der Waals surface area contributed by atoms with E-state index in [1.54, 1.807) is 11.8 Å². The first-order valence-corrected chi connectivity index (χ1v) is 5.46. The van der Waals surface area contributed by atoms with Crippen LogP contribution in [0.3, 0.4) is 0 Å². The lowest BCUT2D eigenvalue weighted by Gasteiger charge is -2.35. The predicted molar refractivity (Wildman–Crippen MR) is 48.3 cm³/mol. The maximum atomic E-state index is 11.4. The molecule has 0 saturated carbocycles. The number of hydrogen-bond acceptors (Lipinski definition) is 4. The Kier molecular flexibility index (Phi) is 2.25. The molecular formula is C7H13N3OS. The number of carbonyl (C=O) groups excluding carboxylic acids is 1. The van der Waals surface area contributed by atoms with Crippen LogP contribution in [0.4, 0.5) is 0 Å². The van der Waals surface area contributed by atoms with Gasteiger partial charge < -0.3 is 5.32 Å². The van der Waals surface area contributed by atoms with E-state index >= 15 is 0 Å². The van der Waals surface area contributed by atoms with Crippen molar-refractivity contribution in [2.24, 2.45) is 0 Å². The molecule has 2 saturated heterocycles. The van der Waals surface area contributed by atoms with Crippen LogP contribution < -0.4 is 10.7 Å². The number of nitrogens with zero attached hydrogens (tertiary/aromatic N) is 1. The standard InChI is InChI=1S/C7H13N3OS/c1-12-7-8-6(11)5-3-2-4-10(5)9-7/h5,7,9H,2-4H2,1H3,(H,8,11). The molecule has 2 rings (SSSR count). The summed E-state index contributed by atoms with van der Waals surface area (Å²) < 4.78 is 0. The summed E-state index contributed by atoms with van der Waals surface area (Å²) in [4.78, 5) is 11.4.